The van der Waals surface area contributed by atoms with E-state index >= 15 is 0 Å². The molecule has 0 saturated carbocycles. The molecule has 1 aliphatic heterocycles. The normalized spacial score (nSPS) is 19.3. The summed E-state index contributed by atoms with van der Waals surface area (Å²) in [6, 6.07) is 6.90. The molecule has 0 amide bonds. The quantitative estimate of drug-likeness (QED) is 0.877. The summed E-state index contributed by atoms with van der Waals surface area (Å²) in [7, 11) is 0. The zero-order valence-electron chi connectivity index (χ0n) is 9.78. The Labute approximate surface area is 102 Å². The fourth-order valence-corrected chi connectivity index (χ4v) is 2.86. The predicted octanol–water partition coefficient (Wildman–Crippen LogP) is 2.86. The molecule has 1 unspecified atom stereocenters. The lowest BCUT2D eigenvalue weighted by Crippen LogP contribution is -2.38. The number of fused-ring (bicyclic) bond motifs is 1. The monoisotopic (exact) mass is 239 g/mol. The molecule has 0 fully saturated rings. The topological polar surface area (TPSA) is 23.5 Å². The molecule has 16 heavy (non-hydrogen) atoms. The maximum absolute atomic E-state index is 9.11. The average Bonchev–Trinajstić information content (AvgIpc) is 2.58. The SMILES string of the molecule is CC(C)N1c2cccc(Cl)c2CC1CCO. The second-order valence-corrected chi connectivity index (χ2v) is 5.02. The molecule has 1 aromatic rings. The van der Waals surface area contributed by atoms with Crippen LogP contribution in [0.5, 0.6) is 0 Å². The zero-order chi connectivity index (χ0) is 11.7. The van der Waals surface area contributed by atoms with Gasteiger partial charge in [-0.25, -0.2) is 0 Å². The lowest BCUT2D eigenvalue weighted by molar-refractivity contribution is 0.272. The third kappa shape index (κ3) is 1.92. The molecule has 1 atom stereocenters. The standard InChI is InChI=1S/C13H18ClNO/c1-9(2)15-10(6-7-16)8-11-12(14)4-3-5-13(11)15/h3-5,9-10,16H,6-8H2,1-2H3. The van der Waals surface area contributed by atoms with Crippen LogP contribution in [0.1, 0.15) is 25.8 Å². The van der Waals surface area contributed by atoms with Crippen molar-refractivity contribution in [2.45, 2.75) is 38.8 Å². The van der Waals surface area contributed by atoms with Gasteiger partial charge in [0.05, 0.1) is 0 Å². The summed E-state index contributed by atoms with van der Waals surface area (Å²) in [5.41, 5.74) is 2.47. The minimum atomic E-state index is 0.236. The molecular formula is C13H18ClNO. The van der Waals surface area contributed by atoms with E-state index in [1.54, 1.807) is 0 Å². The first-order chi connectivity index (χ1) is 7.65. The Kier molecular flexibility index (Phi) is 3.41. The second kappa shape index (κ2) is 4.64. The molecule has 2 nitrogen and oxygen atoms in total. The van der Waals surface area contributed by atoms with E-state index in [9.17, 15) is 0 Å². The van der Waals surface area contributed by atoms with Crippen LogP contribution >= 0.6 is 11.6 Å². The maximum atomic E-state index is 9.11. The number of nitrogens with zero attached hydrogens (tertiary/aromatic N) is 1. The van der Waals surface area contributed by atoms with Gasteiger partial charge < -0.3 is 10.0 Å². The third-order valence-corrected chi connectivity index (χ3v) is 3.58. The smallest absolute Gasteiger partial charge is 0.0459 e. The average molecular weight is 240 g/mol. The van der Waals surface area contributed by atoms with Crippen LogP contribution in [0.2, 0.25) is 5.02 Å². The van der Waals surface area contributed by atoms with Gasteiger partial charge in [0.25, 0.3) is 0 Å². The second-order valence-electron chi connectivity index (χ2n) is 4.61. The van der Waals surface area contributed by atoms with Crippen molar-refractivity contribution in [2.75, 3.05) is 11.5 Å². The van der Waals surface area contributed by atoms with E-state index in [4.69, 9.17) is 16.7 Å². The molecule has 1 aromatic carbocycles. The highest BCUT2D eigenvalue weighted by Gasteiger charge is 2.31. The number of rotatable bonds is 3. The third-order valence-electron chi connectivity index (χ3n) is 3.22. The van der Waals surface area contributed by atoms with Crippen LogP contribution in [-0.2, 0) is 6.42 Å². The van der Waals surface area contributed by atoms with Gasteiger partial charge in [0.15, 0.2) is 0 Å². The summed E-state index contributed by atoms with van der Waals surface area (Å²) in [6.45, 7) is 4.60. The van der Waals surface area contributed by atoms with Crippen LogP contribution < -0.4 is 4.90 Å². The Morgan fingerprint density at radius 3 is 2.88 bits per heavy atom. The molecule has 2 rings (SSSR count). The van der Waals surface area contributed by atoms with Crippen molar-refractivity contribution in [3.8, 4) is 0 Å². The van der Waals surface area contributed by atoms with Crippen molar-refractivity contribution in [1.82, 2.24) is 0 Å². The fourth-order valence-electron chi connectivity index (χ4n) is 2.61. The minimum Gasteiger partial charge on any atom is -0.396 e. The Bertz CT molecular complexity index is 378. The largest absolute Gasteiger partial charge is 0.396 e. The summed E-state index contributed by atoms with van der Waals surface area (Å²) >= 11 is 6.22. The van der Waals surface area contributed by atoms with Crippen molar-refractivity contribution < 1.29 is 5.11 Å². The summed E-state index contributed by atoms with van der Waals surface area (Å²) in [5, 5.41) is 9.97. The first-order valence-corrected chi connectivity index (χ1v) is 6.19. The van der Waals surface area contributed by atoms with Gasteiger partial charge in [0, 0.05) is 29.4 Å². The number of anilines is 1. The first-order valence-electron chi connectivity index (χ1n) is 5.81. The Morgan fingerprint density at radius 2 is 2.25 bits per heavy atom. The summed E-state index contributed by atoms with van der Waals surface area (Å²) in [5.74, 6) is 0. The van der Waals surface area contributed by atoms with E-state index in [2.05, 4.69) is 24.8 Å². The van der Waals surface area contributed by atoms with Crippen LogP contribution in [0.25, 0.3) is 0 Å². The van der Waals surface area contributed by atoms with Gasteiger partial charge in [0.2, 0.25) is 0 Å². The van der Waals surface area contributed by atoms with Gasteiger partial charge in [-0.05, 0) is 44.4 Å². The number of hydrogen-bond donors (Lipinski definition) is 1. The summed E-state index contributed by atoms with van der Waals surface area (Å²) in [4.78, 5) is 2.37. The van der Waals surface area contributed by atoms with Crippen molar-refractivity contribution in [1.29, 1.82) is 0 Å². The van der Waals surface area contributed by atoms with Gasteiger partial charge in [-0.1, -0.05) is 17.7 Å². The van der Waals surface area contributed by atoms with Gasteiger partial charge in [-0.15, -0.1) is 0 Å². The molecule has 0 saturated heterocycles. The van der Waals surface area contributed by atoms with Crippen molar-refractivity contribution >= 4 is 17.3 Å². The van der Waals surface area contributed by atoms with Crippen molar-refractivity contribution in [2.24, 2.45) is 0 Å². The number of benzene rings is 1. The lowest BCUT2D eigenvalue weighted by Gasteiger charge is -2.31. The van der Waals surface area contributed by atoms with Gasteiger partial charge in [0.1, 0.15) is 0 Å². The highest BCUT2D eigenvalue weighted by atomic mass is 35.5. The van der Waals surface area contributed by atoms with E-state index < -0.39 is 0 Å². The molecular weight excluding hydrogens is 222 g/mol. The zero-order valence-corrected chi connectivity index (χ0v) is 10.5. The van der Waals surface area contributed by atoms with Crippen LogP contribution in [0.3, 0.4) is 0 Å². The molecule has 1 aliphatic rings. The van der Waals surface area contributed by atoms with E-state index in [0.29, 0.717) is 12.1 Å². The van der Waals surface area contributed by atoms with Crippen LogP contribution in [0.4, 0.5) is 5.69 Å². The molecule has 1 N–H and O–H groups in total. The van der Waals surface area contributed by atoms with Gasteiger partial charge in [-0.2, -0.15) is 0 Å². The number of aliphatic hydroxyl groups excluding tert-OH is 1. The van der Waals surface area contributed by atoms with Crippen LogP contribution in [-0.4, -0.2) is 23.8 Å². The Balaban J connectivity index is 2.37. The van der Waals surface area contributed by atoms with Gasteiger partial charge >= 0.3 is 0 Å². The van der Waals surface area contributed by atoms with Crippen LogP contribution in [0, 0.1) is 0 Å². The molecule has 88 valence electrons. The van der Waals surface area contributed by atoms with Crippen molar-refractivity contribution in [3.63, 3.8) is 0 Å². The molecule has 0 radical (unpaired) electrons. The first kappa shape index (κ1) is 11.7. The highest BCUT2D eigenvalue weighted by Crippen LogP contribution is 2.38. The van der Waals surface area contributed by atoms with Crippen molar-refractivity contribution in [3.05, 3.63) is 28.8 Å². The number of aliphatic hydroxyl groups is 1. The summed E-state index contributed by atoms with van der Waals surface area (Å²) in [6.07, 6.45) is 1.76. The summed E-state index contributed by atoms with van der Waals surface area (Å²) < 4.78 is 0. The highest BCUT2D eigenvalue weighted by molar-refractivity contribution is 6.31. The predicted molar refractivity (Wildman–Crippen MR) is 68.3 cm³/mol. The fraction of sp³-hybridized carbons (Fsp3) is 0.538. The minimum absolute atomic E-state index is 0.236. The number of hydrogen-bond acceptors (Lipinski definition) is 2. The van der Waals surface area contributed by atoms with E-state index in [1.807, 2.05) is 12.1 Å². The van der Waals surface area contributed by atoms with Gasteiger partial charge in [-0.3, -0.25) is 0 Å². The molecule has 3 heteroatoms. The molecule has 0 spiro atoms. The van der Waals surface area contributed by atoms with E-state index in [0.717, 1.165) is 17.9 Å². The van der Waals surface area contributed by atoms with E-state index in [-0.39, 0.29) is 6.61 Å². The Hall–Kier alpha value is -0.730. The van der Waals surface area contributed by atoms with Crippen LogP contribution in [0.15, 0.2) is 18.2 Å². The molecule has 1 heterocycles. The number of halogens is 1. The molecule has 0 bridgehead atoms. The van der Waals surface area contributed by atoms with E-state index in [1.165, 1.54) is 11.3 Å². The molecule has 0 aliphatic carbocycles. The Morgan fingerprint density at radius 1 is 1.50 bits per heavy atom. The maximum Gasteiger partial charge on any atom is 0.0459 e. The lowest BCUT2D eigenvalue weighted by atomic mass is 10.1. The molecule has 0 aromatic heterocycles.